The smallest absolute Gasteiger partial charge is 0.207 e. The van der Waals surface area contributed by atoms with Gasteiger partial charge < -0.3 is 0 Å². The Morgan fingerprint density at radius 3 is 1.89 bits per heavy atom. The molecule has 0 aromatic heterocycles. The summed E-state index contributed by atoms with van der Waals surface area (Å²) < 4.78 is 26.6. The van der Waals surface area contributed by atoms with E-state index < -0.39 is 15.6 Å². The van der Waals surface area contributed by atoms with Gasteiger partial charge in [-0.05, 0) is 45.3 Å². The zero-order valence-corrected chi connectivity index (χ0v) is 14.2. The van der Waals surface area contributed by atoms with Crippen LogP contribution in [0.3, 0.4) is 0 Å². The normalized spacial score (nSPS) is 12.5. The molecule has 0 fully saturated rings. The van der Waals surface area contributed by atoms with Crippen LogP contribution in [0.1, 0.15) is 54.9 Å². The number of allylic oxidation sites excluding steroid dienone is 3. The monoisotopic (exact) mass is 287 g/mol. The molecule has 19 heavy (non-hydrogen) atoms. The van der Waals surface area contributed by atoms with Crippen molar-refractivity contribution in [3.05, 3.63) is 35.3 Å². The lowest BCUT2D eigenvalue weighted by molar-refractivity contribution is 0.495. The third-order valence-corrected chi connectivity index (χ3v) is 3.99. The molecule has 0 atom stereocenters. The fraction of sp³-hybridized carbons (Fsp3) is 0.600. The van der Waals surface area contributed by atoms with Crippen LogP contribution in [-0.4, -0.2) is 14.0 Å². The van der Waals surface area contributed by atoms with E-state index in [1.54, 1.807) is 20.8 Å². The first-order chi connectivity index (χ1) is 8.55. The second kappa shape index (κ2) is 8.33. The highest BCUT2D eigenvalue weighted by Crippen LogP contribution is 2.23. The molecule has 1 N–H and O–H groups in total. The third-order valence-electron chi connectivity index (χ3n) is 2.22. The molecule has 0 aromatic rings. The van der Waals surface area contributed by atoms with E-state index in [-0.39, 0.29) is 4.91 Å². The first-order valence-corrected chi connectivity index (χ1v) is 8.11. The second-order valence-electron chi connectivity index (χ2n) is 4.92. The van der Waals surface area contributed by atoms with Gasteiger partial charge in [0.25, 0.3) is 0 Å². The molecule has 0 bridgehead atoms. The summed E-state index contributed by atoms with van der Waals surface area (Å²) in [6, 6.07) is 0. The van der Waals surface area contributed by atoms with Crippen LogP contribution < -0.4 is 4.72 Å². The van der Waals surface area contributed by atoms with Crippen molar-refractivity contribution in [1.82, 2.24) is 4.72 Å². The van der Waals surface area contributed by atoms with Gasteiger partial charge in [-0.2, -0.15) is 0 Å². The highest BCUT2D eigenvalue weighted by atomic mass is 32.2. The van der Waals surface area contributed by atoms with Crippen molar-refractivity contribution < 1.29 is 8.42 Å². The van der Waals surface area contributed by atoms with E-state index in [2.05, 4.69) is 17.9 Å². The maximum Gasteiger partial charge on any atom is 0.241 e. The van der Waals surface area contributed by atoms with Gasteiger partial charge in [0, 0.05) is 5.54 Å². The summed E-state index contributed by atoms with van der Waals surface area (Å²) in [7, 11) is -3.57. The first-order valence-electron chi connectivity index (χ1n) is 6.63. The molecule has 0 aliphatic carbocycles. The number of sulfonamides is 1. The average Bonchev–Trinajstić information content (AvgIpc) is 2.29. The maximum absolute atomic E-state index is 12.0. The summed E-state index contributed by atoms with van der Waals surface area (Å²) in [6.07, 6.45) is 2.60. The van der Waals surface area contributed by atoms with E-state index in [0.29, 0.717) is 5.57 Å². The van der Waals surface area contributed by atoms with E-state index in [1.807, 2.05) is 33.8 Å². The van der Waals surface area contributed by atoms with Gasteiger partial charge in [0.05, 0.1) is 4.91 Å². The topological polar surface area (TPSA) is 46.2 Å². The highest BCUT2D eigenvalue weighted by molar-refractivity contribution is 7.93. The van der Waals surface area contributed by atoms with Crippen molar-refractivity contribution in [2.75, 3.05) is 0 Å². The molecule has 0 heterocycles. The molecule has 0 spiro atoms. The minimum absolute atomic E-state index is 0.0439. The maximum atomic E-state index is 12.0. The van der Waals surface area contributed by atoms with Gasteiger partial charge in [-0.3, -0.25) is 0 Å². The molecule has 0 radical (unpaired) electrons. The molecule has 112 valence electrons. The van der Waals surface area contributed by atoms with Crippen LogP contribution in [0, 0.1) is 0 Å². The Morgan fingerprint density at radius 2 is 1.63 bits per heavy atom. The van der Waals surface area contributed by atoms with E-state index in [1.165, 1.54) is 0 Å². The molecule has 3 nitrogen and oxygen atoms in total. The predicted molar refractivity (Wildman–Crippen MR) is 85.5 cm³/mol. The molecule has 0 unspecified atom stereocenters. The van der Waals surface area contributed by atoms with Crippen molar-refractivity contribution in [2.24, 2.45) is 0 Å². The average molecular weight is 287 g/mol. The summed E-state index contributed by atoms with van der Waals surface area (Å²) in [6.45, 7) is 20.6. The molecular weight excluding hydrogens is 258 g/mol. The van der Waals surface area contributed by atoms with Crippen LogP contribution in [-0.2, 0) is 10.0 Å². The molecule has 0 amide bonds. The molecular formula is C15H29NO2S. The lowest BCUT2D eigenvalue weighted by atomic mass is 10.1. The minimum atomic E-state index is -3.57. The quantitative estimate of drug-likeness (QED) is 0.772. The summed E-state index contributed by atoms with van der Waals surface area (Å²) in [5.41, 5.74) is 0.853. The summed E-state index contributed by atoms with van der Waals surface area (Å²) >= 11 is 0. The number of nitrogens with one attached hydrogen (secondary N) is 1. The fourth-order valence-electron chi connectivity index (χ4n) is 1.40. The Kier molecular flexibility index (Phi) is 8.97. The Bertz CT molecular complexity index is 437. The van der Waals surface area contributed by atoms with Crippen molar-refractivity contribution >= 4 is 10.0 Å². The van der Waals surface area contributed by atoms with Gasteiger partial charge >= 0.3 is 0 Å². The van der Waals surface area contributed by atoms with Gasteiger partial charge in [0.1, 0.15) is 0 Å². The third kappa shape index (κ3) is 7.33. The largest absolute Gasteiger partial charge is 0.241 e. The lowest BCUT2D eigenvalue weighted by Gasteiger charge is -2.22. The number of hydrogen-bond acceptors (Lipinski definition) is 2. The van der Waals surface area contributed by atoms with E-state index in [9.17, 15) is 8.42 Å². The zero-order valence-electron chi connectivity index (χ0n) is 13.4. The minimum Gasteiger partial charge on any atom is -0.207 e. The van der Waals surface area contributed by atoms with Crippen molar-refractivity contribution in [3.63, 3.8) is 0 Å². The molecule has 0 rings (SSSR count). The van der Waals surface area contributed by atoms with E-state index in [0.717, 1.165) is 12.0 Å². The van der Waals surface area contributed by atoms with Crippen molar-refractivity contribution in [3.8, 4) is 0 Å². The Hall–Kier alpha value is -0.870. The van der Waals surface area contributed by atoms with Crippen LogP contribution >= 0.6 is 0 Å². The van der Waals surface area contributed by atoms with Gasteiger partial charge in [0.2, 0.25) is 10.0 Å². The Balaban J connectivity index is 0. The molecule has 0 saturated carbocycles. The predicted octanol–water partition coefficient (Wildman–Crippen LogP) is 4.16. The number of hydrogen-bond donors (Lipinski definition) is 1. The van der Waals surface area contributed by atoms with Gasteiger partial charge in [-0.25, -0.2) is 13.1 Å². The SMILES string of the molecule is C=C(C(=C)S(=O)(=O)NC(C)(C)C)/C(=C/C)CC.CC. The van der Waals surface area contributed by atoms with Gasteiger partial charge in [-0.15, -0.1) is 0 Å². The van der Waals surface area contributed by atoms with E-state index in [4.69, 9.17) is 0 Å². The van der Waals surface area contributed by atoms with Gasteiger partial charge in [-0.1, -0.05) is 40.0 Å². The molecule has 0 aliphatic rings. The van der Waals surface area contributed by atoms with Crippen LogP contribution in [0.4, 0.5) is 0 Å². The van der Waals surface area contributed by atoms with Crippen LogP contribution in [0.25, 0.3) is 0 Å². The van der Waals surface area contributed by atoms with Crippen molar-refractivity contribution in [2.45, 2.75) is 60.4 Å². The molecule has 0 aromatic carbocycles. The highest BCUT2D eigenvalue weighted by Gasteiger charge is 2.25. The van der Waals surface area contributed by atoms with Crippen LogP contribution in [0.5, 0.6) is 0 Å². The van der Waals surface area contributed by atoms with Crippen LogP contribution in [0.2, 0.25) is 0 Å². The molecule has 0 aliphatic heterocycles. The lowest BCUT2D eigenvalue weighted by Crippen LogP contribution is -2.41. The van der Waals surface area contributed by atoms with Crippen LogP contribution in [0.15, 0.2) is 35.3 Å². The fourth-order valence-corrected chi connectivity index (χ4v) is 2.78. The first kappa shape index (κ1) is 20.4. The summed E-state index contributed by atoms with van der Waals surface area (Å²) in [5.74, 6) is 0. The van der Waals surface area contributed by atoms with E-state index >= 15 is 0 Å². The zero-order chi connectivity index (χ0) is 15.9. The second-order valence-corrected chi connectivity index (χ2v) is 6.63. The Labute approximate surface area is 119 Å². The Morgan fingerprint density at radius 1 is 1.21 bits per heavy atom. The summed E-state index contributed by atoms with van der Waals surface area (Å²) in [5, 5.41) is 0. The standard InChI is InChI=1S/C13H23NO2S.C2H6/c1-8-12(9-2)10(3)11(4)17(15,16)14-13(5,6)7;1-2/h8,14H,3-4,9H2,1-2,5-7H3;1-2H3/b12-8+;. The molecule has 4 heteroatoms. The number of rotatable bonds is 5. The van der Waals surface area contributed by atoms with Crippen molar-refractivity contribution in [1.29, 1.82) is 0 Å². The summed E-state index contributed by atoms with van der Waals surface area (Å²) in [4.78, 5) is 0.0439. The molecule has 0 saturated heterocycles. The van der Waals surface area contributed by atoms with Gasteiger partial charge in [0.15, 0.2) is 0 Å².